The predicted molar refractivity (Wildman–Crippen MR) is 139 cm³/mol. The Morgan fingerprint density at radius 2 is 1.76 bits per heavy atom. The Labute approximate surface area is 217 Å². The molecule has 0 saturated carbocycles. The minimum atomic E-state index is -0.728. The monoisotopic (exact) mass is 503 g/mol. The number of nitrogens with zero attached hydrogens (tertiary/aromatic N) is 4. The fourth-order valence-corrected chi connectivity index (χ4v) is 4.93. The molecule has 0 aromatic heterocycles. The third kappa shape index (κ3) is 6.10. The number of terminal acetylenes is 1. The zero-order valence-electron chi connectivity index (χ0n) is 21.1. The van der Waals surface area contributed by atoms with Gasteiger partial charge in [0.25, 0.3) is 0 Å². The molecular weight excluding hydrogens is 470 g/mol. The summed E-state index contributed by atoms with van der Waals surface area (Å²) in [5.41, 5.74) is 1.89. The van der Waals surface area contributed by atoms with Gasteiger partial charge < -0.3 is 19.9 Å². The number of benzene rings is 2. The van der Waals surface area contributed by atoms with Gasteiger partial charge in [-0.1, -0.05) is 66.6 Å². The molecule has 2 aliphatic heterocycles. The van der Waals surface area contributed by atoms with Crippen LogP contribution in [-0.4, -0.2) is 89.8 Å². The molecule has 2 aromatic rings. The second-order valence-electron chi connectivity index (χ2n) is 9.13. The highest BCUT2D eigenvalue weighted by molar-refractivity contribution is 5.91. The van der Waals surface area contributed by atoms with Gasteiger partial charge in [-0.2, -0.15) is 5.01 Å². The van der Waals surface area contributed by atoms with Gasteiger partial charge in [-0.3, -0.25) is 9.59 Å². The van der Waals surface area contributed by atoms with Crippen LogP contribution in [0.2, 0.25) is 0 Å². The Bertz CT molecular complexity index is 1120. The second-order valence-corrected chi connectivity index (χ2v) is 9.13. The number of rotatable bonds is 9. The van der Waals surface area contributed by atoms with E-state index >= 15 is 0 Å². The first-order chi connectivity index (χ1) is 18.0. The van der Waals surface area contributed by atoms with Crippen LogP contribution in [0, 0.1) is 12.3 Å². The number of ether oxygens (including phenoxy) is 1. The number of hydrogen-bond acceptors (Lipinski definition) is 5. The molecule has 4 amide bonds. The Balaban J connectivity index is 1.64. The summed E-state index contributed by atoms with van der Waals surface area (Å²) in [5.74, 6) is 2.21. The maximum Gasteiger partial charge on any atom is 0.334 e. The van der Waals surface area contributed by atoms with Crippen molar-refractivity contribution in [3.63, 3.8) is 0 Å². The lowest BCUT2D eigenvalue weighted by Gasteiger charge is -2.55. The third-order valence-electron chi connectivity index (χ3n) is 6.65. The van der Waals surface area contributed by atoms with Crippen molar-refractivity contribution in [2.75, 3.05) is 39.9 Å². The van der Waals surface area contributed by atoms with Crippen molar-refractivity contribution in [2.45, 2.75) is 31.6 Å². The summed E-state index contributed by atoms with van der Waals surface area (Å²) in [6, 6.07) is 18.1. The molecule has 0 radical (unpaired) electrons. The van der Waals surface area contributed by atoms with Gasteiger partial charge in [0, 0.05) is 33.2 Å². The van der Waals surface area contributed by atoms with Crippen molar-refractivity contribution in [3.05, 3.63) is 71.8 Å². The number of carbonyl (C=O) groups is 3. The first kappa shape index (κ1) is 26.2. The fourth-order valence-electron chi connectivity index (χ4n) is 4.93. The molecule has 9 heteroatoms. The maximum absolute atomic E-state index is 13.6. The summed E-state index contributed by atoms with van der Waals surface area (Å²) in [5, 5.41) is 6.08. The van der Waals surface area contributed by atoms with Crippen molar-refractivity contribution < 1.29 is 19.1 Å². The van der Waals surface area contributed by atoms with Crippen LogP contribution < -0.4 is 5.32 Å². The van der Waals surface area contributed by atoms with Gasteiger partial charge in [-0.25, -0.2) is 9.80 Å². The number of piperazine rings is 1. The average Bonchev–Trinajstić information content (AvgIpc) is 2.91. The van der Waals surface area contributed by atoms with E-state index in [1.54, 1.807) is 21.9 Å². The minimum absolute atomic E-state index is 0.0816. The highest BCUT2D eigenvalue weighted by Crippen LogP contribution is 2.28. The van der Waals surface area contributed by atoms with E-state index in [1.165, 1.54) is 5.01 Å². The minimum Gasteiger partial charge on any atom is -0.385 e. The number of amides is 4. The molecule has 9 nitrogen and oxygen atoms in total. The van der Waals surface area contributed by atoms with E-state index in [4.69, 9.17) is 11.2 Å². The zero-order chi connectivity index (χ0) is 26.2. The average molecular weight is 504 g/mol. The third-order valence-corrected chi connectivity index (χ3v) is 6.65. The number of methoxy groups -OCH3 is 1. The molecule has 2 aliphatic rings. The summed E-state index contributed by atoms with van der Waals surface area (Å²) >= 11 is 0. The molecular formula is C28H33N5O4. The molecule has 2 saturated heterocycles. The van der Waals surface area contributed by atoms with E-state index in [2.05, 4.69) is 11.2 Å². The van der Waals surface area contributed by atoms with E-state index in [0.29, 0.717) is 32.5 Å². The zero-order valence-corrected chi connectivity index (χ0v) is 21.1. The summed E-state index contributed by atoms with van der Waals surface area (Å²) in [7, 11) is 1.62. The van der Waals surface area contributed by atoms with E-state index in [1.807, 2.05) is 60.7 Å². The fraction of sp³-hybridized carbons (Fsp3) is 0.393. The highest BCUT2D eigenvalue weighted by atomic mass is 16.5. The van der Waals surface area contributed by atoms with Gasteiger partial charge in [-0.15, -0.1) is 6.42 Å². The van der Waals surface area contributed by atoms with Gasteiger partial charge >= 0.3 is 6.03 Å². The lowest BCUT2D eigenvalue weighted by Crippen LogP contribution is -2.76. The molecule has 0 bridgehead atoms. The molecule has 0 unspecified atom stereocenters. The predicted octanol–water partition coefficient (Wildman–Crippen LogP) is 1.71. The molecule has 0 aliphatic carbocycles. The molecule has 2 fully saturated rings. The van der Waals surface area contributed by atoms with Crippen molar-refractivity contribution in [3.8, 4) is 12.3 Å². The largest absolute Gasteiger partial charge is 0.385 e. The van der Waals surface area contributed by atoms with E-state index < -0.39 is 12.2 Å². The van der Waals surface area contributed by atoms with Crippen molar-refractivity contribution >= 4 is 17.8 Å². The Kier molecular flexibility index (Phi) is 8.77. The van der Waals surface area contributed by atoms with Crippen LogP contribution in [0.25, 0.3) is 0 Å². The number of fused-ring (bicyclic) bond motifs is 1. The summed E-state index contributed by atoms with van der Waals surface area (Å²) in [4.78, 5) is 44.0. The van der Waals surface area contributed by atoms with Crippen molar-refractivity contribution in [1.82, 2.24) is 25.1 Å². The van der Waals surface area contributed by atoms with Crippen LogP contribution in [0.5, 0.6) is 0 Å². The van der Waals surface area contributed by atoms with Gasteiger partial charge in [0.1, 0.15) is 12.2 Å². The Morgan fingerprint density at radius 1 is 1.08 bits per heavy atom. The van der Waals surface area contributed by atoms with E-state index in [0.717, 1.165) is 11.1 Å². The van der Waals surface area contributed by atoms with Crippen LogP contribution >= 0.6 is 0 Å². The van der Waals surface area contributed by atoms with Crippen LogP contribution in [0.3, 0.4) is 0 Å². The number of hydrazine groups is 1. The SMILES string of the molecule is C#CCN1CC(=O)N2[C@@H](Cc3ccccc3)C(=O)N(CCCOC)C[C@@H]2N1C(=O)NCc1ccccc1. The smallest absolute Gasteiger partial charge is 0.334 e. The standard InChI is InChI=1S/C28H33N5O4/c1-3-15-31-21-26(34)32-24(18-22-11-6-4-7-12-22)27(35)30(16-10-17-37-2)20-25(32)33(31)28(36)29-19-23-13-8-5-9-14-23/h1,4-9,11-14,24-25H,10,15-21H2,2H3,(H,29,36)/t24-,25-/m0/s1. The van der Waals surface area contributed by atoms with Crippen LogP contribution in [-0.2, 0) is 27.3 Å². The Morgan fingerprint density at radius 3 is 2.41 bits per heavy atom. The summed E-state index contributed by atoms with van der Waals surface area (Å²) in [6.07, 6.45) is 5.93. The van der Waals surface area contributed by atoms with E-state index in [-0.39, 0.29) is 37.5 Å². The number of nitrogens with one attached hydrogen (secondary N) is 1. The molecule has 4 rings (SSSR count). The maximum atomic E-state index is 13.6. The van der Waals surface area contributed by atoms with Gasteiger partial charge in [0.05, 0.1) is 19.6 Å². The van der Waals surface area contributed by atoms with Crippen LogP contribution in [0.1, 0.15) is 17.5 Å². The molecule has 194 valence electrons. The molecule has 37 heavy (non-hydrogen) atoms. The second kappa shape index (κ2) is 12.4. The van der Waals surface area contributed by atoms with Crippen molar-refractivity contribution in [2.24, 2.45) is 0 Å². The number of hydrogen-bond donors (Lipinski definition) is 1. The molecule has 2 atom stereocenters. The number of carbonyl (C=O) groups excluding carboxylic acids is 3. The normalized spacial score (nSPS) is 19.9. The lowest BCUT2D eigenvalue weighted by molar-refractivity contribution is -0.188. The first-order valence-corrected chi connectivity index (χ1v) is 12.5. The van der Waals surface area contributed by atoms with Crippen molar-refractivity contribution in [1.29, 1.82) is 0 Å². The molecule has 2 heterocycles. The Hall–Kier alpha value is -3.87. The summed E-state index contributed by atoms with van der Waals surface area (Å²) in [6.45, 7) is 1.50. The van der Waals surface area contributed by atoms with Gasteiger partial charge in [0.2, 0.25) is 11.8 Å². The van der Waals surface area contributed by atoms with Gasteiger partial charge in [0.15, 0.2) is 0 Å². The van der Waals surface area contributed by atoms with Crippen LogP contribution in [0.4, 0.5) is 4.79 Å². The first-order valence-electron chi connectivity index (χ1n) is 12.5. The molecule has 1 N–H and O–H groups in total. The summed E-state index contributed by atoms with van der Waals surface area (Å²) < 4.78 is 5.19. The van der Waals surface area contributed by atoms with E-state index in [9.17, 15) is 14.4 Å². The van der Waals surface area contributed by atoms with Gasteiger partial charge in [-0.05, 0) is 17.5 Å². The molecule has 2 aromatic carbocycles. The topological polar surface area (TPSA) is 85.4 Å². The quantitative estimate of drug-likeness (QED) is 0.416. The number of urea groups is 1. The van der Waals surface area contributed by atoms with Crippen LogP contribution in [0.15, 0.2) is 60.7 Å². The molecule has 0 spiro atoms. The lowest BCUT2D eigenvalue weighted by atomic mass is 9.98. The highest BCUT2D eigenvalue weighted by Gasteiger charge is 2.51.